The van der Waals surface area contributed by atoms with Crippen molar-refractivity contribution in [2.75, 3.05) is 5.32 Å². The van der Waals surface area contributed by atoms with Gasteiger partial charge in [0.05, 0.1) is 24.0 Å². The van der Waals surface area contributed by atoms with Gasteiger partial charge in [0.1, 0.15) is 23.1 Å². The summed E-state index contributed by atoms with van der Waals surface area (Å²) in [7, 11) is 0. The van der Waals surface area contributed by atoms with Gasteiger partial charge in [-0.1, -0.05) is 0 Å². The van der Waals surface area contributed by atoms with Crippen LogP contribution in [0.2, 0.25) is 0 Å². The maximum absolute atomic E-state index is 13.6. The fourth-order valence-electron chi connectivity index (χ4n) is 3.65. The minimum Gasteiger partial charge on any atom is -0.508 e. The summed E-state index contributed by atoms with van der Waals surface area (Å²) in [6, 6.07) is 11.0. The standard InChI is InChI=1S/C22H20FN5O2/c1-12(15-9-14(23)2-3-19(15)29)26-21-4-5-22-25-11-18(28(22)27-21)17-8-13(6-7-24-17)16-10-20(16)30/h2-9,11-12,16,20,29-30H,10H2,1H3,(H,26,27)/t12-,16?,20?/m1/s1. The number of phenols is 1. The molecule has 7 nitrogen and oxygen atoms in total. The number of aromatic hydroxyl groups is 1. The molecule has 30 heavy (non-hydrogen) atoms. The van der Waals surface area contributed by atoms with Crippen LogP contribution >= 0.6 is 0 Å². The Hall–Kier alpha value is -3.52. The summed E-state index contributed by atoms with van der Waals surface area (Å²) >= 11 is 0. The number of pyridine rings is 1. The number of aliphatic hydroxyl groups excluding tert-OH is 1. The van der Waals surface area contributed by atoms with Gasteiger partial charge in [-0.15, -0.1) is 5.10 Å². The lowest BCUT2D eigenvalue weighted by atomic mass is 10.1. The van der Waals surface area contributed by atoms with Crippen LogP contribution in [0, 0.1) is 5.82 Å². The number of nitrogens with zero attached hydrogens (tertiary/aromatic N) is 4. The normalized spacial score (nSPS) is 19.0. The van der Waals surface area contributed by atoms with E-state index in [1.165, 1.54) is 18.2 Å². The van der Waals surface area contributed by atoms with Gasteiger partial charge in [-0.3, -0.25) is 4.98 Å². The Morgan fingerprint density at radius 3 is 2.80 bits per heavy atom. The van der Waals surface area contributed by atoms with Crippen molar-refractivity contribution < 1.29 is 14.6 Å². The number of hydrogen-bond acceptors (Lipinski definition) is 6. The van der Waals surface area contributed by atoms with E-state index in [0.717, 1.165) is 23.4 Å². The molecule has 5 rings (SSSR count). The van der Waals surface area contributed by atoms with Crippen LogP contribution < -0.4 is 5.32 Å². The monoisotopic (exact) mass is 405 g/mol. The minimum atomic E-state index is -0.413. The number of anilines is 1. The van der Waals surface area contributed by atoms with E-state index in [1.807, 2.05) is 25.1 Å². The lowest BCUT2D eigenvalue weighted by Gasteiger charge is -2.16. The zero-order chi connectivity index (χ0) is 20.8. The third-order valence-corrected chi connectivity index (χ3v) is 5.41. The van der Waals surface area contributed by atoms with Crippen molar-refractivity contribution in [1.29, 1.82) is 0 Å². The molecule has 3 atom stereocenters. The predicted octanol–water partition coefficient (Wildman–Crippen LogP) is 3.66. The second-order valence-corrected chi connectivity index (χ2v) is 7.59. The van der Waals surface area contributed by atoms with Crippen LogP contribution in [0.25, 0.3) is 17.0 Å². The number of nitrogens with one attached hydrogen (secondary N) is 1. The minimum absolute atomic E-state index is 0.0177. The van der Waals surface area contributed by atoms with Crippen LogP contribution in [0.15, 0.2) is 54.9 Å². The van der Waals surface area contributed by atoms with E-state index in [2.05, 4.69) is 20.4 Å². The van der Waals surface area contributed by atoms with Crippen LogP contribution in [0.3, 0.4) is 0 Å². The Bertz CT molecular complexity index is 1240. The van der Waals surface area contributed by atoms with Crippen LogP contribution in [-0.2, 0) is 0 Å². The zero-order valence-corrected chi connectivity index (χ0v) is 16.2. The molecule has 1 aromatic carbocycles. The highest BCUT2D eigenvalue weighted by molar-refractivity contribution is 5.61. The highest BCUT2D eigenvalue weighted by Crippen LogP contribution is 2.41. The molecule has 0 aliphatic heterocycles. The molecule has 0 spiro atoms. The third kappa shape index (κ3) is 3.35. The molecule has 0 bridgehead atoms. The number of imidazole rings is 1. The molecule has 3 N–H and O–H groups in total. The van der Waals surface area contributed by atoms with Gasteiger partial charge in [0.25, 0.3) is 0 Å². The average Bonchev–Trinajstić information content (AvgIpc) is 3.33. The topological polar surface area (TPSA) is 95.6 Å². The number of fused-ring (bicyclic) bond motifs is 1. The summed E-state index contributed by atoms with van der Waals surface area (Å²) in [5, 5.41) is 27.6. The van der Waals surface area contributed by atoms with E-state index in [1.54, 1.807) is 23.0 Å². The van der Waals surface area contributed by atoms with E-state index in [0.29, 0.717) is 17.0 Å². The van der Waals surface area contributed by atoms with Gasteiger partial charge in [-0.25, -0.2) is 13.9 Å². The van der Waals surface area contributed by atoms with E-state index in [4.69, 9.17) is 0 Å². The number of phenolic OH excluding ortho intramolecular Hbond substituents is 1. The zero-order valence-electron chi connectivity index (χ0n) is 16.2. The predicted molar refractivity (Wildman–Crippen MR) is 110 cm³/mol. The van der Waals surface area contributed by atoms with Crippen molar-refractivity contribution in [2.24, 2.45) is 0 Å². The largest absolute Gasteiger partial charge is 0.508 e. The molecule has 3 heterocycles. The quantitative estimate of drug-likeness (QED) is 0.469. The Morgan fingerprint density at radius 1 is 1.17 bits per heavy atom. The van der Waals surface area contributed by atoms with Crippen LogP contribution in [0.1, 0.15) is 36.4 Å². The summed E-state index contributed by atoms with van der Waals surface area (Å²) in [5.74, 6) is 0.315. The SMILES string of the molecule is C[C@@H](Nc1ccc2ncc(-c3cc(C4CC4O)ccn3)n2n1)c1cc(F)ccc1O. The van der Waals surface area contributed by atoms with E-state index in [9.17, 15) is 14.6 Å². The maximum Gasteiger partial charge on any atom is 0.154 e. The maximum atomic E-state index is 13.6. The molecular weight excluding hydrogens is 385 g/mol. The highest BCUT2D eigenvalue weighted by Gasteiger charge is 2.36. The molecular formula is C22H20FN5O2. The molecule has 4 aromatic rings. The lowest BCUT2D eigenvalue weighted by molar-refractivity contribution is 0.272. The van der Waals surface area contributed by atoms with Gasteiger partial charge in [-0.2, -0.15) is 0 Å². The van der Waals surface area contributed by atoms with E-state index in [-0.39, 0.29) is 23.8 Å². The molecule has 1 aliphatic rings. The average molecular weight is 405 g/mol. The molecule has 1 saturated carbocycles. The first-order chi connectivity index (χ1) is 14.5. The molecule has 2 unspecified atom stereocenters. The van der Waals surface area contributed by atoms with Crippen molar-refractivity contribution in [1.82, 2.24) is 19.6 Å². The summed E-state index contributed by atoms with van der Waals surface area (Å²) < 4.78 is 15.3. The van der Waals surface area contributed by atoms with Gasteiger partial charge >= 0.3 is 0 Å². The van der Waals surface area contributed by atoms with Gasteiger partial charge in [0, 0.05) is 17.7 Å². The smallest absolute Gasteiger partial charge is 0.154 e. The molecule has 152 valence electrons. The van der Waals surface area contributed by atoms with Crippen LogP contribution in [0.4, 0.5) is 10.2 Å². The first-order valence-corrected chi connectivity index (χ1v) is 9.74. The van der Waals surface area contributed by atoms with E-state index >= 15 is 0 Å². The molecule has 8 heteroatoms. The number of hydrogen-bond donors (Lipinski definition) is 3. The van der Waals surface area contributed by atoms with E-state index < -0.39 is 5.82 Å². The van der Waals surface area contributed by atoms with Crippen molar-refractivity contribution in [3.8, 4) is 17.1 Å². The molecule has 0 saturated heterocycles. The van der Waals surface area contributed by atoms with Crippen molar-refractivity contribution in [2.45, 2.75) is 31.4 Å². The molecule has 0 radical (unpaired) electrons. The summed E-state index contributed by atoms with van der Waals surface area (Å²) in [5.41, 5.74) is 3.61. The first-order valence-electron chi connectivity index (χ1n) is 9.74. The number of benzene rings is 1. The van der Waals surface area contributed by atoms with Crippen LogP contribution in [0.5, 0.6) is 5.75 Å². The molecule has 1 fully saturated rings. The summed E-state index contributed by atoms with van der Waals surface area (Å²) in [6.45, 7) is 1.82. The van der Waals surface area contributed by atoms with Crippen molar-refractivity contribution in [3.63, 3.8) is 0 Å². The number of halogens is 1. The summed E-state index contributed by atoms with van der Waals surface area (Å²) in [4.78, 5) is 8.85. The Balaban J connectivity index is 1.47. The lowest BCUT2D eigenvalue weighted by Crippen LogP contribution is -2.10. The molecule has 3 aromatic heterocycles. The first kappa shape index (κ1) is 18.5. The fraction of sp³-hybridized carbons (Fsp3) is 0.227. The van der Waals surface area contributed by atoms with Gasteiger partial charge in [-0.05, 0) is 61.4 Å². The number of rotatable bonds is 5. The Labute approximate surface area is 171 Å². The fourth-order valence-corrected chi connectivity index (χ4v) is 3.65. The second-order valence-electron chi connectivity index (χ2n) is 7.59. The van der Waals surface area contributed by atoms with Crippen LogP contribution in [-0.4, -0.2) is 35.9 Å². The molecule has 0 amide bonds. The van der Waals surface area contributed by atoms with Gasteiger partial charge in [0.2, 0.25) is 0 Å². The van der Waals surface area contributed by atoms with Gasteiger partial charge < -0.3 is 15.5 Å². The number of aliphatic hydroxyl groups is 1. The Morgan fingerprint density at radius 2 is 2.00 bits per heavy atom. The summed E-state index contributed by atoms with van der Waals surface area (Å²) in [6.07, 6.45) is 3.93. The highest BCUT2D eigenvalue weighted by atomic mass is 19.1. The second kappa shape index (κ2) is 7.07. The van der Waals surface area contributed by atoms with Crippen molar-refractivity contribution in [3.05, 3.63) is 71.8 Å². The number of aromatic nitrogens is 4. The van der Waals surface area contributed by atoms with Crippen molar-refractivity contribution >= 4 is 11.5 Å². The third-order valence-electron chi connectivity index (χ3n) is 5.41. The Kier molecular flexibility index (Phi) is 4.36. The molecule has 1 aliphatic carbocycles. The van der Waals surface area contributed by atoms with Gasteiger partial charge in [0.15, 0.2) is 5.65 Å².